The summed E-state index contributed by atoms with van der Waals surface area (Å²) in [6.45, 7) is 4.91. The van der Waals surface area contributed by atoms with E-state index in [2.05, 4.69) is 13.8 Å². The first-order valence-electron chi connectivity index (χ1n) is 12.3. The van der Waals surface area contributed by atoms with Gasteiger partial charge in [-0.2, -0.15) is 0 Å². The van der Waals surface area contributed by atoms with E-state index in [9.17, 15) is 15.0 Å². The van der Waals surface area contributed by atoms with Crippen LogP contribution in [-0.2, 0) is 9.53 Å². The summed E-state index contributed by atoms with van der Waals surface area (Å²) >= 11 is 0. The molecule has 6 atom stereocenters. The average Bonchev–Trinajstić information content (AvgIpc) is 2.75. The number of carbonyl (C=O) groups excluding carboxylic acids is 1. The third-order valence-corrected chi connectivity index (χ3v) is 7.79. The molecule has 3 saturated carbocycles. The van der Waals surface area contributed by atoms with Gasteiger partial charge in [-0.1, -0.05) is 64.5 Å². The van der Waals surface area contributed by atoms with Gasteiger partial charge in [0.25, 0.3) is 0 Å². The summed E-state index contributed by atoms with van der Waals surface area (Å²) in [6, 6.07) is 0. The van der Waals surface area contributed by atoms with Crippen molar-refractivity contribution in [3.8, 4) is 0 Å². The molecule has 2 N–H and O–H groups in total. The molecule has 3 aliphatic rings. The lowest BCUT2D eigenvalue weighted by molar-refractivity contribution is -0.217. The summed E-state index contributed by atoms with van der Waals surface area (Å²) in [6.07, 6.45) is 15.2. The fraction of sp³-hybridized carbons (Fsp3) is 0.880. The van der Waals surface area contributed by atoms with Gasteiger partial charge in [0.1, 0.15) is 5.60 Å². The molecule has 3 fully saturated rings. The van der Waals surface area contributed by atoms with E-state index in [1.165, 1.54) is 19.3 Å². The first-order chi connectivity index (χ1) is 14.0. The normalized spacial score (nSPS) is 36.8. The molecule has 0 spiro atoms. The van der Waals surface area contributed by atoms with Crippen LogP contribution < -0.4 is 0 Å². The van der Waals surface area contributed by atoms with E-state index in [1.54, 1.807) is 0 Å². The Bertz CT molecular complexity index is 553. The number of unbranched alkanes of at least 4 members (excludes halogenated alkanes) is 2. The van der Waals surface area contributed by atoms with Crippen LogP contribution in [0, 0.1) is 23.7 Å². The number of Topliss-reactive ketones (excluding diaryl/α,β-unsaturated/α-hetero) is 1. The molecule has 0 bridgehead atoms. The number of hydrogen-bond donors (Lipinski definition) is 2. The van der Waals surface area contributed by atoms with Crippen LogP contribution in [-0.4, -0.2) is 40.4 Å². The topological polar surface area (TPSA) is 66.8 Å². The Morgan fingerprint density at radius 3 is 2.55 bits per heavy atom. The van der Waals surface area contributed by atoms with Crippen LogP contribution in [0.1, 0.15) is 90.9 Å². The largest absolute Gasteiger partial charge is 0.393 e. The minimum Gasteiger partial charge on any atom is -0.393 e. The number of carbonyl (C=O) groups is 1. The van der Waals surface area contributed by atoms with Crippen molar-refractivity contribution in [3.63, 3.8) is 0 Å². The van der Waals surface area contributed by atoms with Gasteiger partial charge < -0.3 is 14.9 Å². The lowest BCUT2D eigenvalue weighted by atomic mass is 9.49. The number of aliphatic hydroxyl groups is 2. The van der Waals surface area contributed by atoms with Crippen LogP contribution in [0.25, 0.3) is 0 Å². The molecule has 166 valence electrons. The quantitative estimate of drug-likeness (QED) is 0.403. The second kappa shape index (κ2) is 10.5. The van der Waals surface area contributed by atoms with Crippen LogP contribution in [0.5, 0.6) is 0 Å². The lowest BCUT2D eigenvalue weighted by Crippen LogP contribution is -2.70. The van der Waals surface area contributed by atoms with Gasteiger partial charge in [-0.3, -0.25) is 4.79 Å². The predicted octanol–water partition coefficient (Wildman–Crippen LogP) is 4.82. The van der Waals surface area contributed by atoms with Crippen LogP contribution >= 0.6 is 0 Å². The molecule has 4 heteroatoms. The van der Waals surface area contributed by atoms with Crippen molar-refractivity contribution in [2.24, 2.45) is 23.7 Å². The van der Waals surface area contributed by atoms with E-state index in [-0.39, 0.29) is 23.5 Å². The van der Waals surface area contributed by atoms with E-state index in [4.69, 9.17) is 4.74 Å². The highest BCUT2D eigenvalue weighted by Crippen LogP contribution is 2.56. The zero-order chi connectivity index (χ0) is 20.9. The summed E-state index contributed by atoms with van der Waals surface area (Å²) in [4.78, 5) is 13.2. The molecule has 0 aliphatic heterocycles. The Morgan fingerprint density at radius 2 is 1.86 bits per heavy atom. The lowest BCUT2D eigenvalue weighted by Gasteiger charge is -2.59. The zero-order valence-corrected chi connectivity index (χ0v) is 18.5. The second-order valence-electron chi connectivity index (χ2n) is 9.69. The molecule has 3 aliphatic carbocycles. The Morgan fingerprint density at radius 1 is 1.14 bits per heavy atom. The van der Waals surface area contributed by atoms with Gasteiger partial charge in [0.15, 0.2) is 5.78 Å². The number of ketones is 1. The molecule has 6 unspecified atom stereocenters. The molecule has 0 aromatic carbocycles. The van der Waals surface area contributed by atoms with Crippen LogP contribution in [0.2, 0.25) is 0 Å². The van der Waals surface area contributed by atoms with Crippen molar-refractivity contribution < 1.29 is 19.7 Å². The van der Waals surface area contributed by atoms with E-state index < -0.39 is 17.8 Å². The third kappa shape index (κ3) is 4.80. The van der Waals surface area contributed by atoms with Crippen molar-refractivity contribution in [2.45, 2.75) is 109 Å². The molecule has 0 aromatic rings. The second-order valence-corrected chi connectivity index (χ2v) is 9.69. The maximum atomic E-state index is 13.2. The fourth-order valence-corrected chi connectivity index (χ4v) is 6.03. The Balaban J connectivity index is 1.76. The molecule has 0 saturated heterocycles. The Kier molecular flexibility index (Phi) is 8.35. The van der Waals surface area contributed by atoms with Gasteiger partial charge in [0, 0.05) is 24.4 Å². The van der Waals surface area contributed by atoms with Gasteiger partial charge in [-0.15, -0.1) is 0 Å². The third-order valence-electron chi connectivity index (χ3n) is 7.79. The van der Waals surface area contributed by atoms with Gasteiger partial charge in [-0.05, 0) is 44.4 Å². The first-order valence-corrected chi connectivity index (χ1v) is 12.3. The molecule has 3 rings (SSSR count). The fourth-order valence-electron chi connectivity index (χ4n) is 6.03. The molecule has 29 heavy (non-hydrogen) atoms. The van der Waals surface area contributed by atoms with Crippen LogP contribution in [0.4, 0.5) is 0 Å². The first kappa shape index (κ1) is 23.0. The highest BCUT2D eigenvalue weighted by Gasteiger charge is 2.66. The number of ether oxygens (including phenoxy) is 1. The number of hydrogen-bond acceptors (Lipinski definition) is 4. The molecular weight excluding hydrogens is 364 g/mol. The van der Waals surface area contributed by atoms with Gasteiger partial charge in [0.2, 0.25) is 0 Å². The molecule has 0 radical (unpaired) electrons. The maximum Gasteiger partial charge on any atom is 0.168 e. The van der Waals surface area contributed by atoms with Gasteiger partial charge in [-0.25, -0.2) is 0 Å². The van der Waals surface area contributed by atoms with Crippen LogP contribution in [0.3, 0.4) is 0 Å². The van der Waals surface area contributed by atoms with Crippen molar-refractivity contribution >= 4 is 5.78 Å². The maximum absolute atomic E-state index is 13.2. The smallest absolute Gasteiger partial charge is 0.168 e. The van der Waals surface area contributed by atoms with Gasteiger partial charge in [0.05, 0.1) is 12.2 Å². The molecule has 0 heterocycles. The SMILES string of the molecule is CCCCOC12CCC(O)C(C=CC(O)C3CCCCC3)C1C(CCCC)C2=O. The van der Waals surface area contributed by atoms with Crippen molar-refractivity contribution in [2.75, 3.05) is 6.61 Å². The standard InChI is InChI=1S/C25H42O4/c1-3-5-12-20-23-19(13-14-21(26)18-10-8-7-9-11-18)22(27)15-16-25(23,24(20)28)29-17-6-4-2/h13-14,18-23,26-27H,3-12,15-17H2,1-2H3. The van der Waals surface area contributed by atoms with Crippen molar-refractivity contribution in [1.82, 2.24) is 0 Å². The molecule has 0 aromatic heterocycles. The number of fused-ring (bicyclic) bond motifs is 1. The minimum atomic E-state index is -0.697. The Hall–Kier alpha value is -0.710. The highest BCUT2D eigenvalue weighted by atomic mass is 16.5. The zero-order valence-electron chi connectivity index (χ0n) is 18.5. The van der Waals surface area contributed by atoms with E-state index in [0.29, 0.717) is 25.4 Å². The summed E-state index contributed by atoms with van der Waals surface area (Å²) < 4.78 is 6.28. The molecular formula is C25H42O4. The van der Waals surface area contributed by atoms with E-state index >= 15 is 0 Å². The minimum absolute atomic E-state index is 0.00648. The van der Waals surface area contributed by atoms with E-state index in [0.717, 1.165) is 44.9 Å². The van der Waals surface area contributed by atoms with E-state index in [1.807, 2.05) is 12.2 Å². The molecule has 4 nitrogen and oxygen atoms in total. The van der Waals surface area contributed by atoms with Crippen molar-refractivity contribution in [3.05, 3.63) is 12.2 Å². The predicted molar refractivity (Wildman–Crippen MR) is 116 cm³/mol. The summed E-state index contributed by atoms with van der Waals surface area (Å²) in [7, 11) is 0. The Labute approximate surface area is 177 Å². The molecule has 0 amide bonds. The summed E-state index contributed by atoms with van der Waals surface area (Å²) in [5.41, 5.74) is -0.697. The summed E-state index contributed by atoms with van der Waals surface area (Å²) in [5, 5.41) is 21.5. The monoisotopic (exact) mass is 406 g/mol. The summed E-state index contributed by atoms with van der Waals surface area (Å²) in [5.74, 6) is 0.559. The van der Waals surface area contributed by atoms with Crippen molar-refractivity contribution in [1.29, 1.82) is 0 Å². The number of aliphatic hydroxyl groups excluding tert-OH is 2. The number of rotatable bonds is 10. The van der Waals surface area contributed by atoms with Crippen LogP contribution in [0.15, 0.2) is 12.2 Å². The van der Waals surface area contributed by atoms with Gasteiger partial charge >= 0.3 is 0 Å². The average molecular weight is 407 g/mol. The highest BCUT2D eigenvalue weighted by molar-refractivity contribution is 5.97.